The van der Waals surface area contributed by atoms with Gasteiger partial charge in [0.25, 0.3) is 0 Å². The zero-order valence-corrected chi connectivity index (χ0v) is 22.7. The van der Waals surface area contributed by atoms with Gasteiger partial charge < -0.3 is 5.53 Å². The summed E-state index contributed by atoms with van der Waals surface area (Å²) in [6.07, 6.45) is 15.6. The largest absolute Gasteiger partial charge is 0.493 e. The highest BCUT2D eigenvalue weighted by molar-refractivity contribution is 5.81. The molecule has 2 aromatic rings. The van der Waals surface area contributed by atoms with Gasteiger partial charge >= 0.3 is 0 Å². The van der Waals surface area contributed by atoms with Crippen LogP contribution in [0.5, 0.6) is 0 Å². The highest BCUT2D eigenvalue weighted by atomic mass is 15.2. The number of rotatable bonds is 15. The minimum Gasteiger partial charge on any atom is -0.493 e. The van der Waals surface area contributed by atoms with Crippen molar-refractivity contribution in [3.8, 4) is 0 Å². The summed E-state index contributed by atoms with van der Waals surface area (Å²) in [6.45, 7) is 8.96. The highest BCUT2D eigenvalue weighted by Gasteiger charge is 2.33. The van der Waals surface area contributed by atoms with Crippen molar-refractivity contribution >= 4 is 11.4 Å². The molecule has 2 heteroatoms. The summed E-state index contributed by atoms with van der Waals surface area (Å²) in [7, 11) is 0. The molecule has 1 heterocycles. The maximum Gasteiger partial charge on any atom is 0.211 e. The number of nitrogens with zero attached hydrogens (tertiary/aromatic N) is 2. The molecule has 3 rings (SSSR count). The fourth-order valence-corrected chi connectivity index (χ4v) is 5.27. The Bertz CT molecular complexity index is 1040. The first-order valence-electron chi connectivity index (χ1n) is 14.2. The molecule has 2 aromatic carbocycles. The molecule has 0 radical (unpaired) electrons. The minimum absolute atomic E-state index is 0.958. The fraction of sp³-hybridized carbons (Fsp3) is 0.515. The molecule has 0 saturated heterocycles. The van der Waals surface area contributed by atoms with Gasteiger partial charge in [0.15, 0.2) is 0 Å². The molecule has 2 nitrogen and oxygen atoms in total. The smallest absolute Gasteiger partial charge is 0.211 e. The van der Waals surface area contributed by atoms with Gasteiger partial charge in [-0.3, -0.25) is 0 Å². The summed E-state index contributed by atoms with van der Waals surface area (Å²) < 4.78 is 1.50. The number of hydrogen-bond donors (Lipinski definition) is 0. The first kappa shape index (κ1) is 27.1. The van der Waals surface area contributed by atoms with Crippen molar-refractivity contribution in [1.82, 2.24) is 0 Å². The first-order chi connectivity index (χ1) is 17.1. The summed E-state index contributed by atoms with van der Waals surface area (Å²) in [5.74, 6) is 0. The summed E-state index contributed by atoms with van der Waals surface area (Å²) in [6, 6.07) is 17.7. The molecule has 0 fully saturated rings. The molecule has 1 aliphatic rings. The summed E-state index contributed by atoms with van der Waals surface area (Å²) in [4.78, 5) is 0. The zero-order chi connectivity index (χ0) is 25.0. The lowest BCUT2D eigenvalue weighted by molar-refractivity contribution is -0.345. The van der Waals surface area contributed by atoms with Gasteiger partial charge in [-0.15, -0.1) is 0 Å². The van der Waals surface area contributed by atoms with Crippen molar-refractivity contribution in [3.63, 3.8) is 0 Å². The van der Waals surface area contributed by atoms with Gasteiger partial charge in [0.2, 0.25) is 11.4 Å². The van der Waals surface area contributed by atoms with E-state index in [1.54, 1.807) is 0 Å². The standard InChI is InChI=1S/C33H46N2/c1-5-8-11-13-18-28-20-15-21-29(24-28)32-26(4)31(23-14-12-9-6-2)33(35(32)34)30-22-16-19-27(25-30)17-10-7-3/h15-16,19-22,24-25H,5-14,17-18,23H2,1-4H3. The molecule has 1 aliphatic heterocycles. The number of allylic oxidation sites excluding steroid dienone is 2. The molecule has 0 N–H and O–H groups in total. The molecule has 188 valence electrons. The van der Waals surface area contributed by atoms with E-state index in [0.29, 0.717) is 0 Å². The van der Waals surface area contributed by atoms with Gasteiger partial charge in [0.05, 0.1) is 0 Å². The van der Waals surface area contributed by atoms with E-state index < -0.39 is 0 Å². The Hall–Kier alpha value is -2.48. The molecule has 0 aromatic heterocycles. The van der Waals surface area contributed by atoms with E-state index in [9.17, 15) is 5.53 Å². The summed E-state index contributed by atoms with van der Waals surface area (Å²) in [5, 5.41) is 0. The van der Waals surface area contributed by atoms with Crippen molar-refractivity contribution in [2.24, 2.45) is 0 Å². The van der Waals surface area contributed by atoms with Crippen LogP contribution in [0.1, 0.15) is 121 Å². The quantitative estimate of drug-likeness (QED) is 0.183. The molecule has 0 bridgehead atoms. The third-order valence-electron chi connectivity index (χ3n) is 7.34. The second-order valence-corrected chi connectivity index (χ2v) is 10.2. The second kappa shape index (κ2) is 14.2. The van der Waals surface area contributed by atoms with Crippen LogP contribution in [0.4, 0.5) is 0 Å². The first-order valence-corrected chi connectivity index (χ1v) is 14.2. The molecule has 0 aliphatic carbocycles. The predicted octanol–water partition coefficient (Wildman–Crippen LogP) is 10.3. The van der Waals surface area contributed by atoms with Gasteiger partial charge in [0, 0.05) is 22.3 Å². The van der Waals surface area contributed by atoms with Crippen molar-refractivity contribution in [2.75, 3.05) is 0 Å². The van der Waals surface area contributed by atoms with Crippen molar-refractivity contribution < 1.29 is 4.70 Å². The van der Waals surface area contributed by atoms with E-state index in [-0.39, 0.29) is 0 Å². The molecule has 35 heavy (non-hydrogen) atoms. The summed E-state index contributed by atoms with van der Waals surface area (Å²) in [5.41, 5.74) is 21.1. The minimum atomic E-state index is 0.958. The lowest BCUT2D eigenvalue weighted by atomic mass is 9.95. The third kappa shape index (κ3) is 7.26. The normalized spacial score (nSPS) is 13.9. The monoisotopic (exact) mass is 470 g/mol. The Balaban J connectivity index is 1.92. The van der Waals surface area contributed by atoms with Crippen molar-refractivity contribution in [2.45, 2.75) is 111 Å². The van der Waals surface area contributed by atoms with Crippen molar-refractivity contribution in [3.05, 3.63) is 87.5 Å². The number of unbranched alkanes of at least 4 members (excludes halogenated alkanes) is 7. The zero-order valence-electron chi connectivity index (χ0n) is 22.7. The van der Waals surface area contributed by atoms with Gasteiger partial charge in [-0.2, -0.15) is 0 Å². The van der Waals surface area contributed by atoms with Crippen LogP contribution in [0.25, 0.3) is 16.9 Å². The molecule has 0 saturated carbocycles. The second-order valence-electron chi connectivity index (χ2n) is 10.2. The van der Waals surface area contributed by atoms with E-state index in [4.69, 9.17) is 0 Å². The Morgan fingerprint density at radius 3 is 1.69 bits per heavy atom. The van der Waals surface area contributed by atoms with E-state index in [0.717, 1.165) is 48.2 Å². The molecule has 0 unspecified atom stereocenters. The third-order valence-corrected chi connectivity index (χ3v) is 7.34. The maximum absolute atomic E-state index is 11.6. The molecular formula is C33H46N2. The van der Waals surface area contributed by atoms with E-state index >= 15 is 0 Å². The van der Waals surface area contributed by atoms with Crippen LogP contribution in [0.2, 0.25) is 0 Å². The molecule has 0 amide bonds. The van der Waals surface area contributed by atoms with Crippen LogP contribution >= 0.6 is 0 Å². The Morgan fingerprint density at radius 2 is 1.11 bits per heavy atom. The van der Waals surface area contributed by atoms with Crippen LogP contribution < -0.4 is 0 Å². The average Bonchev–Trinajstić information content (AvgIpc) is 3.12. The van der Waals surface area contributed by atoms with Gasteiger partial charge in [-0.05, 0) is 80.8 Å². The van der Waals surface area contributed by atoms with Crippen LogP contribution in [0.15, 0.2) is 59.7 Å². The molecule has 0 spiro atoms. The van der Waals surface area contributed by atoms with E-state index in [2.05, 4.69) is 76.2 Å². The average molecular weight is 471 g/mol. The highest BCUT2D eigenvalue weighted by Crippen LogP contribution is 2.42. The van der Waals surface area contributed by atoms with E-state index in [1.807, 2.05) is 0 Å². The SMILES string of the molecule is CCCCCCC1=C(c2cccc(CCCC)c2)[N+](=[N-])C(c2cccc(CCCCCC)c2)=C1C. The van der Waals surface area contributed by atoms with Crippen LogP contribution in [0.3, 0.4) is 0 Å². The lowest BCUT2D eigenvalue weighted by Crippen LogP contribution is -2.03. The lowest BCUT2D eigenvalue weighted by Gasteiger charge is -2.11. The number of hydrogen-bond acceptors (Lipinski definition) is 0. The van der Waals surface area contributed by atoms with E-state index in [1.165, 1.54) is 84.8 Å². The Kier molecular flexibility index (Phi) is 11.0. The molecular weight excluding hydrogens is 424 g/mol. The maximum atomic E-state index is 11.6. The van der Waals surface area contributed by atoms with Gasteiger partial charge in [0.1, 0.15) is 0 Å². The number of aryl methyl sites for hydroxylation is 2. The van der Waals surface area contributed by atoms with Crippen molar-refractivity contribution in [1.29, 1.82) is 0 Å². The Morgan fingerprint density at radius 1 is 0.600 bits per heavy atom. The fourth-order valence-electron chi connectivity index (χ4n) is 5.27. The topological polar surface area (TPSA) is 25.3 Å². The predicted molar refractivity (Wildman–Crippen MR) is 151 cm³/mol. The van der Waals surface area contributed by atoms with Gasteiger partial charge in [-0.1, -0.05) is 90.0 Å². The van der Waals surface area contributed by atoms with Gasteiger partial charge in [-0.25, -0.2) is 4.70 Å². The van der Waals surface area contributed by atoms with Crippen LogP contribution in [0, 0.1) is 0 Å². The molecule has 0 atom stereocenters. The van der Waals surface area contributed by atoms with Crippen LogP contribution in [-0.2, 0) is 12.8 Å². The Labute approximate surface area is 214 Å². The number of benzene rings is 2. The summed E-state index contributed by atoms with van der Waals surface area (Å²) >= 11 is 0. The van der Waals surface area contributed by atoms with Crippen LogP contribution in [-0.4, -0.2) is 4.70 Å².